The van der Waals surface area contributed by atoms with Crippen LogP contribution in [0.15, 0.2) is 90.6 Å². The number of halogens is 1. The molecule has 0 saturated heterocycles. The highest BCUT2D eigenvalue weighted by atomic mass is 35.5. The third-order valence-corrected chi connectivity index (χ3v) is 3.16. The standard InChI is InChI=1S/C22H15Cl/c23-22-8-4-7-17(15-22)19-11-12-20-13-18(9-10-21(20)14-19)16-5-2-1-3-6-16/h1-15H/i1D,2D,3D,4D,5D,6D,7D,8D,9D,10D,11D,12D,13D,14D,15D. The fraction of sp³-hybridized carbons (Fsp3) is 0. The summed E-state index contributed by atoms with van der Waals surface area (Å²) in [5.41, 5.74) is -2.09. The molecule has 0 fully saturated rings. The quantitative estimate of drug-likeness (QED) is 0.378. The van der Waals surface area contributed by atoms with Gasteiger partial charge >= 0.3 is 0 Å². The lowest BCUT2D eigenvalue weighted by molar-refractivity contribution is 1.62. The summed E-state index contributed by atoms with van der Waals surface area (Å²) < 4.78 is 124. The van der Waals surface area contributed by atoms with E-state index in [1.54, 1.807) is 0 Å². The van der Waals surface area contributed by atoms with Gasteiger partial charge in [-0.2, -0.15) is 0 Å². The van der Waals surface area contributed by atoms with Crippen LogP contribution in [0.2, 0.25) is 5.02 Å². The molecule has 0 bridgehead atoms. The van der Waals surface area contributed by atoms with Gasteiger partial charge in [-0.3, -0.25) is 0 Å². The van der Waals surface area contributed by atoms with Gasteiger partial charge in [-0.05, 0) is 57.2 Å². The van der Waals surface area contributed by atoms with Crippen molar-refractivity contribution in [1.29, 1.82) is 0 Å². The topological polar surface area (TPSA) is 0 Å². The Morgan fingerprint density at radius 3 is 1.78 bits per heavy atom. The zero-order valence-corrected chi connectivity index (χ0v) is 12.1. The van der Waals surface area contributed by atoms with Crippen LogP contribution in [0.5, 0.6) is 0 Å². The van der Waals surface area contributed by atoms with E-state index in [1.165, 1.54) is 0 Å². The fourth-order valence-electron chi connectivity index (χ4n) is 1.95. The molecule has 0 aliphatic carbocycles. The molecule has 110 valence electrons. The minimum absolute atomic E-state index is 0.469. The first-order valence-corrected chi connectivity index (χ1v) is 6.82. The van der Waals surface area contributed by atoms with E-state index in [0.29, 0.717) is 0 Å². The number of hydrogen-bond donors (Lipinski definition) is 0. The molecule has 1 heteroatoms. The second kappa shape index (κ2) is 5.91. The Labute approximate surface area is 162 Å². The van der Waals surface area contributed by atoms with Gasteiger partial charge in [0.2, 0.25) is 0 Å². The molecule has 4 aromatic rings. The normalized spacial score (nSPS) is 20.0. The first kappa shape index (κ1) is 5.22. The van der Waals surface area contributed by atoms with Crippen LogP contribution in [0.4, 0.5) is 0 Å². The van der Waals surface area contributed by atoms with Gasteiger partial charge in [-0.1, -0.05) is 78.1 Å². The van der Waals surface area contributed by atoms with Crippen molar-refractivity contribution in [2.75, 3.05) is 0 Å². The van der Waals surface area contributed by atoms with Crippen LogP contribution >= 0.6 is 11.6 Å². The molecule has 0 spiro atoms. The monoisotopic (exact) mass is 329 g/mol. The van der Waals surface area contributed by atoms with Crippen LogP contribution in [-0.4, -0.2) is 0 Å². The molecule has 0 amide bonds. The van der Waals surface area contributed by atoms with Crippen molar-refractivity contribution in [2.24, 2.45) is 0 Å². The lowest BCUT2D eigenvalue weighted by atomic mass is 9.98. The van der Waals surface area contributed by atoms with E-state index in [1.807, 2.05) is 0 Å². The van der Waals surface area contributed by atoms with Gasteiger partial charge in [0.05, 0.1) is 20.6 Å². The molecular formula is C22H15Cl. The maximum absolute atomic E-state index is 8.73. The maximum atomic E-state index is 8.73. The molecule has 0 saturated carbocycles. The Morgan fingerprint density at radius 2 is 1.09 bits per heavy atom. The third-order valence-electron chi connectivity index (χ3n) is 2.97. The van der Waals surface area contributed by atoms with E-state index in [9.17, 15) is 0 Å². The molecular weight excluding hydrogens is 300 g/mol. The second-order valence-electron chi connectivity index (χ2n) is 4.44. The highest BCUT2D eigenvalue weighted by molar-refractivity contribution is 6.30. The summed E-state index contributed by atoms with van der Waals surface area (Å²) in [6, 6.07) is -10.7. The lowest BCUT2D eigenvalue weighted by Gasteiger charge is -2.07. The number of rotatable bonds is 2. The molecule has 0 radical (unpaired) electrons. The van der Waals surface area contributed by atoms with Crippen molar-refractivity contribution >= 4 is 22.4 Å². The molecule has 4 aromatic carbocycles. The van der Waals surface area contributed by atoms with Crippen LogP contribution in [0, 0.1) is 0 Å². The van der Waals surface area contributed by atoms with Crippen molar-refractivity contribution in [3.05, 3.63) is 95.7 Å². The molecule has 0 nitrogen and oxygen atoms in total. The third kappa shape index (κ3) is 2.86. The van der Waals surface area contributed by atoms with Gasteiger partial charge in [0.1, 0.15) is 0 Å². The molecule has 23 heavy (non-hydrogen) atoms. The van der Waals surface area contributed by atoms with Crippen LogP contribution in [0.3, 0.4) is 0 Å². The summed E-state index contributed by atoms with van der Waals surface area (Å²) in [5, 5.41) is -1.46. The Hall–Kier alpha value is -2.57. The van der Waals surface area contributed by atoms with Crippen molar-refractivity contribution in [2.45, 2.75) is 0 Å². The van der Waals surface area contributed by atoms with Crippen LogP contribution in [0.25, 0.3) is 33.0 Å². The Kier molecular flexibility index (Phi) is 1.34. The molecule has 0 aromatic heterocycles. The fourth-order valence-corrected chi connectivity index (χ4v) is 2.09. The van der Waals surface area contributed by atoms with E-state index in [4.69, 9.17) is 32.2 Å². The number of benzene rings is 4. The van der Waals surface area contributed by atoms with Crippen LogP contribution in [0.1, 0.15) is 20.6 Å². The summed E-state index contributed by atoms with van der Waals surface area (Å²) in [4.78, 5) is 0. The largest absolute Gasteiger partial charge is 0.0843 e. The molecule has 0 unspecified atom stereocenters. The maximum Gasteiger partial charge on any atom is 0.0645 e. The van der Waals surface area contributed by atoms with Crippen molar-refractivity contribution in [1.82, 2.24) is 0 Å². The molecule has 0 atom stereocenters. The van der Waals surface area contributed by atoms with Gasteiger partial charge in [0, 0.05) is 5.02 Å². The van der Waals surface area contributed by atoms with Gasteiger partial charge in [-0.25, -0.2) is 0 Å². The Morgan fingerprint density at radius 1 is 0.522 bits per heavy atom. The molecule has 0 aliphatic heterocycles. The minimum atomic E-state index is -0.768. The number of hydrogen-bond acceptors (Lipinski definition) is 0. The molecule has 0 N–H and O–H groups in total. The van der Waals surface area contributed by atoms with E-state index in [0.717, 1.165) is 0 Å². The summed E-state index contributed by atoms with van der Waals surface area (Å²) in [6.07, 6.45) is 0. The molecule has 0 heterocycles. The van der Waals surface area contributed by atoms with Gasteiger partial charge in [-0.15, -0.1) is 0 Å². The zero-order valence-electron chi connectivity index (χ0n) is 26.4. The summed E-state index contributed by atoms with van der Waals surface area (Å²) in [6.45, 7) is 0. The summed E-state index contributed by atoms with van der Waals surface area (Å²) in [5.74, 6) is 0. The van der Waals surface area contributed by atoms with E-state index >= 15 is 0 Å². The highest BCUT2D eigenvalue weighted by Crippen LogP contribution is 2.29. The average molecular weight is 330 g/mol. The van der Waals surface area contributed by atoms with E-state index < -0.39 is 129 Å². The summed E-state index contributed by atoms with van der Waals surface area (Å²) in [7, 11) is 0. The van der Waals surface area contributed by atoms with Gasteiger partial charge in [0.25, 0.3) is 0 Å². The predicted molar refractivity (Wildman–Crippen MR) is 99.8 cm³/mol. The zero-order chi connectivity index (χ0) is 28.7. The molecule has 0 aliphatic rings. The minimum Gasteiger partial charge on any atom is -0.0843 e. The SMILES string of the molecule is [2H]c1c([2H])c([2H])c(-c2c([2H])c([2H])c3c([2H])c(-c4c([2H])c([2H])c([2H])c(Cl)c4[2H])c([2H])c([2H])c3c2[2H])c([2H])c1[2H]. The smallest absolute Gasteiger partial charge is 0.0645 e. The van der Waals surface area contributed by atoms with E-state index in [2.05, 4.69) is 0 Å². The average Bonchev–Trinajstić information content (AvgIpc) is 2.88. The second-order valence-corrected chi connectivity index (χ2v) is 4.82. The first-order chi connectivity index (χ1) is 17.6. The molecule has 4 rings (SSSR count). The van der Waals surface area contributed by atoms with Crippen molar-refractivity contribution in [3.8, 4) is 22.3 Å². The highest BCUT2D eigenvalue weighted by Gasteiger charge is 2.03. The number of fused-ring (bicyclic) bond motifs is 1. The first-order valence-electron chi connectivity index (χ1n) is 13.9. The van der Waals surface area contributed by atoms with E-state index in [-0.39, 0.29) is 0 Å². The van der Waals surface area contributed by atoms with Crippen molar-refractivity contribution < 1.29 is 20.6 Å². The Bertz CT molecular complexity index is 1540. The Balaban J connectivity index is 2.25. The van der Waals surface area contributed by atoms with Crippen LogP contribution in [-0.2, 0) is 0 Å². The van der Waals surface area contributed by atoms with Crippen LogP contribution < -0.4 is 0 Å². The van der Waals surface area contributed by atoms with Crippen molar-refractivity contribution in [3.63, 3.8) is 0 Å². The lowest BCUT2D eigenvalue weighted by Crippen LogP contribution is -1.81. The predicted octanol–water partition coefficient (Wildman–Crippen LogP) is 6.83. The summed E-state index contributed by atoms with van der Waals surface area (Å²) >= 11 is 5.99. The van der Waals surface area contributed by atoms with Gasteiger partial charge in [0.15, 0.2) is 0 Å². The van der Waals surface area contributed by atoms with Gasteiger partial charge < -0.3 is 0 Å².